The van der Waals surface area contributed by atoms with Crippen LogP contribution >= 0.6 is 23.2 Å². The number of halogens is 3. The van der Waals surface area contributed by atoms with E-state index in [2.05, 4.69) is 0 Å². The topological polar surface area (TPSA) is 26.0 Å². The van der Waals surface area contributed by atoms with Crippen LogP contribution in [-0.4, -0.2) is 0 Å². The van der Waals surface area contributed by atoms with Crippen LogP contribution in [0.2, 0.25) is 10.0 Å². The predicted octanol–water partition coefficient (Wildman–Crippen LogP) is 4.26. The minimum absolute atomic E-state index is 0.271. The van der Waals surface area contributed by atoms with Gasteiger partial charge in [0.2, 0.25) is 0 Å². The van der Waals surface area contributed by atoms with Crippen LogP contribution in [0.3, 0.4) is 0 Å². The molecule has 2 rings (SSSR count). The van der Waals surface area contributed by atoms with E-state index in [0.29, 0.717) is 15.6 Å². The highest BCUT2D eigenvalue weighted by molar-refractivity contribution is 6.37. The Labute approximate surface area is 109 Å². The molecule has 2 N–H and O–H groups in total. The fourth-order valence-electron chi connectivity index (χ4n) is 1.64. The molecule has 0 radical (unpaired) electrons. The Morgan fingerprint density at radius 2 is 1.65 bits per heavy atom. The van der Waals surface area contributed by atoms with Gasteiger partial charge in [0.15, 0.2) is 0 Å². The third-order valence-electron chi connectivity index (χ3n) is 2.55. The summed E-state index contributed by atoms with van der Waals surface area (Å²) in [5.74, 6) is -0.280. The number of hydrogen-bond acceptors (Lipinski definition) is 1. The van der Waals surface area contributed by atoms with Crippen molar-refractivity contribution in [1.29, 1.82) is 0 Å². The number of nitrogens with two attached hydrogens (primary N) is 1. The highest BCUT2D eigenvalue weighted by Crippen LogP contribution is 2.34. The lowest BCUT2D eigenvalue weighted by Gasteiger charge is -2.10. The molecule has 0 unspecified atom stereocenters. The van der Waals surface area contributed by atoms with Crippen molar-refractivity contribution in [1.82, 2.24) is 0 Å². The van der Waals surface area contributed by atoms with Crippen LogP contribution in [0.5, 0.6) is 0 Å². The molecular weight excluding hydrogens is 260 g/mol. The summed E-state index contributed by atoms with van der Waals surface area (Å²) in [6.07, 6.45) is 0. The van der Waals surface area contributed by atoms with Gasteiger partial charge in [-0.3, -0.25) is 0 Å². The summed E-state index contributed by atoms with van der Waals surface area (Å²) < 4.78 is 12.8. The molecule has 0 aliphatic heterocycles. The quantitative estimate of drug-likeness (QED) is 0.866. The molecule has 0 atom stereocenters. The van der Waals surface area contributed by atoms with E-state index in [4.69, 9.17) is 28.9 Å². The van der Waals surface area contributed by atoms with Gasteiger partial charge in [-0.2, -0.15) is 0 Å². The Kier molecular flexibility index (Phi) is 3.67. The van der Waals surface area contributed by atoms with Crippen LogP contribution in [0, 0.1) is 5.82 Å². The predicted molar refractivity (Wildman–Crippen MR) is 69.7 cm³/mol. The van der Waals surface area contributed by atoms with E-state index in [0.717, 1.165) is 11.1 Å². The second-order valence-corrected chi connectivity index (χ2v) is 4.38. The number of benzene rings is 2. The maximum Gasteiger partial charge on any atom is 0.123 e. The minimum atomic E-state index is -0.280. The van der Waals surface area contributed by atoms with Crippen LogP contribution in [0.25, 0.3) is 11.1 Å². The first-order valence-corrected chi connectivity index (χ1v) is 5.82. The molecule has 0 saturated carbocycles. The molecule has 0 saturated heterocycles. The molecule has 4 heteroatoms. The maximum absolute atomic E-state index is 12.8. The van der Waals surface area contributed by atoms with Gasteiger partial charge >= 0.3 is 0 Å². The van der Waals surface area contributed by atoms with Crippen molar-refractivity contribution in [2.45, 2.75) is 6.54 Å². The first-order valence-electron chi connectivity index (χ1n) is 5.06. The molecule has 2 aromatic rings. The highest BCUT2D eigenvalue weighted by Gasteiger charge is 2.10. The van der Waals surface area contributed by atoms with Crippen molar-refractivity contribution in [3.63, 3.8) is 0 Å². The van der Waals surface area contributed by atoms with Crippen LogP contribution in [0.15, 0.2) is 36.4 Å². The van der Waals surface area contributed by atoms with Crippen molar-refractivity contribution < 1.29 is 4.39 Å². The van der Waals surface area contributed by atoms with Crippen molar-refractivity contribution in [2.75, 3.05) is 0 Å². The molecule has 1 nitrogen and oxygen atoms in total. The standard InChI is InChI=1S/C13H10Cl2FN/c14-12-6-5-10(13(15)11(12)7-17)8-1-3-9(16)4-2-8/h1-6H,7,17H2. The van der Waals surface area contributed by atoms with Gasteiger partial charge in [0.25, 0.3) is 0 Å². The summed E-state index contributed by atoms with van der Waals surface area (Å²) in [5, 5.41) is 1.06. The van der Waals surface area contributed by atoms with Gasteiger partial charge < -0.3 is 5.73 Å². The highest BCUT2D eigenvalue weighted by atomic mass is 35.5. The maximum atomic E-state index is 12.8. The van der Waals surface area contributed by atoms with Gasteiger partial charge in [0.05, 0.1) is 5.02 Å². The second kappa shape index (κ2) is 5.05. The fourth-order valence-corrected chi connectivity index (χ4v) is 2.27. The van der Waals surface area contributed by atoms with Crippen molar-refractivity contribution >= 4 is 23.2 Å². The fraction of sp³-hybridized carbons (Fsp3) is 0.0769. The van der Waals surface area contributed by atoms with Gasteiger partial charge in [-0.1, -0.05) is 41.4 Å². The summed E-state index contributed by atoms with van der Waals surface area (Å²) in [6.45, 7) is 0.271. The molecular formula is C13H10Cl2FN. The minimum Gasteiger partial charge on any atom is -0.326 e. The van der Waals surface area contributed by atoms with Crippen LogP contribution in [0.1, 0.15) is 5.56 Å². The second-order valence-electron chi connectivity index (χ2n) is 3.60. The van der Waals surface area contributed by atoms with Crippen molar-refractivity contribution in [2.24, 2.45) is 5.73 Å². The van der Waals surface area contributed by atoms with E-state index in [1.165, 1.54) is 12.1 Å². The summed E-state index contributed by atoms with van der Waals surface area (Å²) in [7, 11) is 0. The molecule has 0 aromatic heterocycles. The average molecular weight is 270 g/mol. The first kappa shape index (κ1) is 12.4. The smallest absolute Gasteiger partial charge is 0.123 e. The zero-order valence-corrected chi connectivity index (χ0v) is 10.4. The average Bonchev–Trinajstić information content (AvgIpc) is 2.31. The lowest BCUT2D eigenvalue weighted by atomic mass is 10.0. The lowest BCUT2D eigenvalue weighted by molar-refractivity contribution is 0.628. The molecule has 88 valence electrons. The third-order valence-corrected chi connectivity index (χ3v) is 3.33. The van der Waals surface area contributed by atoms with E-state index in [1.54, 1.807) is 24.3 Å². The number of hydrogen-bond donors (Lipinski definition) is 1. The molecule has 0 heterocycles. The molecule has 0 amide bonds. The van der Waals surface area contributed by atoms with Crippen molar-refractivity contribution in [3.05, 3.63) is 57.8 Å². The molecule has 0 fully saturated rings. The van der Waals surface area contributed by atoms with Gasteiger partial charge in [-0.15, -0.1) is 0 Å². The Hall–Kier alpha value is -1.09. The molecule has 17 heavy (non-hydrogen) atoms. The van der Waals surface area contributed by atoms with Gasteiger partial charge in [0.1, 0.15) is 5.82 Å². The molecule has 2 aromatic carbocycles. The summed E-state index contributed by atoms with van der Waals surface area (Å²) >= 11 is 12.2. The Balaban J connectivity index is 2.56. The Morgan fingerprint density at radius 3 is 2.24 bits per heavy atom. The Bertz CT molecular complexity index is 538. The van der Waals surface area contributed by atoms with E-state index in [9.17, 15) is 4.39 Å². The van der Waals surface area contributed by atoms with Crippen LogP contribution in [-0.2, 0) is 6.54 Å². The number of rotatable bonds is 2. The SMILES string of the molecule is NCc1c(Cl)ccc(-c2ccc(F)cc2)c1Cl. The monoisotopic (exact) mass is 269 g/mol. The van der Waals surface area contributed by atoms with Gasteiger partial charge in [-0.05, 0) is 23.8 Å². The Morgan fingerprint density at radius 1 is 1.00 bits per heavy atom. The van der Waals surface area contributed by atoms with Gasteiger partial charge in [-0.25, -0.2) is 4.39 Å². The summed E-state index contributed by atoms with van der Waals surface area (Å²) in [5.41, 5.74) is 7.94. The normalized spacial score (nSPS) is 10.6. The molecule has 0 aliphatic carbocycles. The van der Waals surface area contributed by atoms with Crippen molar-refractivity contribution in [3.8, 4) is 11.1 Å². The zero-order valence-electron chi connectivity index (χ0n) is 8.88. The van der Waals surface area contributed by atoms with Gasteiger partial charge in [0, 0.05) is 22.7 Å². The van der Waals surface area contributed by atoms with E-state index in [-0.39, 0.29) is 12.4 Å². The summed E-state index contributed by atoms with van der Waals surface area (Å²) in [4.78, 5) is 0. The zero-order chi connectivity index (χ0) is 12.4. The molecule has 0 aliphatic rings. The first-order chi connectivity index (χ1) is 8.13. The molecule has 0 bridgehead atoms. The van der Waals surface area contributed by atoms with E-state index in [1.807, 2.05) is 0 Å². The van der Waals surface area contributed by atoms with Crippen LogP contribution < -0.4 is 5.73 Å². The molecule has 0 spiro atoms. The largest absolute Gasteiger partial charge is 0.326 e. The third kappa shape index (κ3) is 2.44. The van der Waals surface area contributed by atoms with E-state index >= 15 is 0 Å². The van der Waals surface area contributed by atoms with E-state index < -0.39 is 0 Å². The summed E-state index contributed by atoms with van der Waals surface area (Å²) in [6, 6.07) is 9.67. The lowest BCUT2D eigenvalue weighted by Crippen LogP contribution is -1.99. The van der Waals surface area contributed by atoms with Crippen LogP contribution in [0.4, 0.5) is 4.39 Å².